The molecule has 1 saturated carbocycles. The van der Waals surface area contributed by atoms with Crippen LogP contribution in [-0.4, -0.2) is 29.2 Å². The van der Waals surface area contributed by atoms with Crippen LogP contribution in [0.5, 0.6) is 0 Å². The molecule has 0 aromatic rings. The lowest BCUT2D eigenvalue weighted by molar-refractivity contribution is -0.116. The first-order chi connectivity index (χ1) is 6.15. The molecular weight excluding hydrogens is 168 g/mol. The van der Waals surface area contributed by atoms with Crippen LogP contribution < -0.4 is 11.1 Å². The Morgan fingerprint density at radius 1 is 1.69 bits per heavy atom. The van der Waals surface area contributed by atoms with E-state index in [0.717, 1.165) is 24.8 Å². The molecule has 13 heavy (non-hydrogen) atoms. The zero-order valence-electron chi connectivity index (χ0n) is 7.42. The first-order valence-corrected chi connectivity index (χ1v) is 4.55. The highest BCUT2D eigenvalue weighted by atomic mass is 16.3. The number of hydrogen-bond acceptors (Lipinski definition) is 3. The van der Waals surface area contributed by atoms with Crippen molar-refractivity contribution in [3.8, 4) is 0 Å². The molecule has 2 aliphatic rings. The standard InChI is InChI=1S/C9H14N2O2/c10-7(5-12)3-6-4-9(1-2-9)11-8(6)13/h3,7,12H,1-2,4-5,10H2,(H,11,13)/t7-/m0/s1. The van der Waals surface area contributed by atoms with Crippen LogP contribution in [0, 0.1) is 0 Å². The summed E-state index contributed by atoms with van der Waals surface area (Å²) >= 11 is 0. The van der Waals surface area contributed by atoms with Gasteiger partial charge in [-0.15, -0.1) is 0 Å². The summed E-state index contributed by atoms with van der Waals surface area (Å²) in [5, 5.41) is 11.7. The minimum atomic E-state index is -0.408. The van der Waals surface area contributed by atoms with E-state index in [0.29, 0.717) is 0 Å². The maximum Gasteiger partial charge on any atom is 0.247 e. The van der Waals surface area contributed by atoms with E-state index in [4.69, 9.17) is 10.8 Å². The highest BCUT2D eigenvalue weighted by molar-refractivity contribution is 5.97. The summed E-state index contributed by atoms with van der Waals surface area (Å²) in [6, 6.07) is -0.408. The molecule has 1 saturated heterocycles. The topological polar surface area (TPSA) is 75.3 Å². The second-order valence-electron chi connectivity index (χ2n) is 3.95. The van der Waals surface area contributed by atoms with E-state index in [2.05, 4.69) is 5.32 Å². The van der Waals surface area contributed by atoms with E-state index in [1.165, 1.54) is 0 Å². The maximum absolute atomic E-state index is 11.4. The summed E-state index contributed by atoms with van der Waals surface area (Å²) in [7, 11) is 0. The van der Waals surface area contributed by atoms with Crippen molar-refractivity contribution in [3.05, 3.63) is 11.6 Å². The van der Waals surface area contributed by atoms with Crippen LogP contribution in [0.4, 0.5) is 0 Å². The minimum absolute atomic E-state index is 0.0126. The molecule has 1 heterocycles. The Balaban J connectivity index is 2.08. The second kappa shape index (κ2) is 2.82. The zero-order chi connectivity index (χ0) is 9.47. The van der Waals surface area contributed by atoms with E-state index >= 15 is 0 Å². The van der Waals surface area contributed by atoms with Gasteiger partial charge in [-0.3, -0.25) is 4.79 Å². The van der Waals surface area contributed by atoms with E-state index in [1.54, 1.807) is 6.08 Å². The Morgan fingerprint density at radius 3 is 2.85 bits per heavy atom. The van der Waals surface area contributed by atoms with Gasteiger partial charge >= 0.3 is 0 Å². The van der Waals surface area contributed by atoms with Crippen molar-refractivity contribution in [1.29, 1.82) is 0 Å². The normalized spacial score (nSPS) is 29.4. The Hall–Kier alpha value is -0.870. The molecule has 2 rings (SSSR count). The number of carbonyl (C=O) groups excluding carboxylic acids is 1. The first-order valence-electron chi connectivity index (χ1n) is 4.55. The predicted octanol–water partition coefficient (Wildman–Crippen LogP) is -0.715. The van der Waals surface area contributed by atoms with E-state index in [1.807, 2.05) is 0 Å². The lowest BCUT2D eigenvalue weighted by Crippen LogP contribution is -2.27. The van der Waals surface area contributed by atoms with Crippen LogP contribution in [-0.2, 0) is 4.79 Å². The van der Waals surface area contributed by atoms with E-state index in [-0.39, 0.29) is 18.1 Å². The fourth-order valence-corrected chi connectivity index (χ4v) is 1.71. The van der Waals surface area contributed by atoms with Crippen LogP contribution in [0.3, 0.4) is 0 Å². The Kier molecular flexibility index (Phi) is 1.89. The molecule has 72 valence electrons. The molecule has 1 aliphatic carbocycles. The van der Waals surface area contributed by atoms with Crippen molar-refractivity contribution in [2.75, 3.05) is 6.61 Å². The molecular formula is C9H14N2O2. The highest BCUT2D eigenvalue weighted by Gasteiger charge is 2.49. The number of aliphatic hydroxyl groups excluding tert-OH is 1. The van der Waals surface area contributed by atoms with Crippen molar-refractivity contribution in [2.24, 2.45) is 5.73 Å². The number of amides is 1. The number of rotatable bonds is 2. The van der Waals surface area contributed by atoms with Gasteiger partial charge in [-0.25, -0.2) is 0 Å². The van der Waals surface area contributed by atoms with Crippen LogP contribution in [0.15, 0.2) is 11.6 Å². The third kappa shape index (κ3) is 1.59. The van der Waals surface area contributed by atoms with Crippen molar-refractivity contribution in [1.82, 2.24) is 5.32 Å². The summed E-state index contributed by atoms with van der Waals surface area (Å²) in [5.74, 6) is -0.0126. The van der Waals surface area contributed by atoms with Crippen molar-refractivity contribution in [3.63, 3.8) is 0 Å². The van der Waals surface area contributed by atoms with Crippen LogP contribution >= 0.6 is 0 Å². The minimum Gasteiger partial charge on any atom is -0.394 e. The molecule has 2 fully saturated rings. The largest absolute Gasteiger partial charge is 0.394 e. The Labute approximate surface area is 76.8 Å². The number of carbonyl (C=O) groups is 1. The number of nitrogens with one attached hydrogen (secondary N) is 1. The van der Waals surface area contributed by atoms with Gasteiger partial charge in [0.2, 0.25) is 5.91 Å². The van der Waals surface area contributed by atoms with E-state index in [9.17, 15) is 4.79 Å². The van der Waals surface area contributed by atoms with Gasteiger partial charge in [0, 0.05) is 23.6 Å². The molecule has 0 bridgehead atoms. The van der Waals surface area contributed by atoms with Crippen molar-refractivity contribution >= 4 is 5.91 Å². The van der Waals surface area contributed by atoms with Gasteiger partial charge in [0.15, 0.2) is 0 Å². The number of aliphatic hydroxyl groups is 1. The molecule has 1 atom stereocenters. The van der Waals surface area contributed by atoms with Crippen molar-refractivity contribution < 1.29 is 9.90 Å². The quantitative estimate of drug-likeness (QED) is 0.493. The number of nitrogens with two attached hydrogens (primary N) is 1. The third-order valence-electron chi connectivity index (χ3n) is 2.68. The molecule has 4 N–H and O–H groups in total. The highest BCUT2D eigenvalue weighted by Crippen LogP contribution is 2.44. The maximum atomic E-state index is 11.4. The lowest BCUT2D eigenvalue weighted by atomic mass is 10.1. The first kappa shape index (κ1) is 8.72. The molecule has 4 heteroatoms. The van der Waals surface area contributed by atoms with Crippen LogP contribution in [0.25, 0.3) is 0 Å². The summed E-state index contributed by atoms with van der Waals surface area (Å²) in [6.07, 6.45) is 4.59. The molecule has 4 nitrogen and oxygen atoms in total. The monoisotopic (exact) mass is 182 g/mol. The lowest BCUT2D eigenvalue weighted by Gasteiger charge is -2.02. The molecule has 0 radical (unpaired) electrons. The molecule has 0 unspecified atom stereocenters. The summed E-state index contributed by atoms with van der Waals surface area (Å²) in [4.78, 5) is 11.4. The average molecular weight is 182 g/mol. The molecule has 1 aliphatic heterocycles. The van der Waals surface area contributed by atoms with Gasteiger partial charge in [0.25, 0.3) is 0 Å². The van der Waals surface area contributed by atoms with Gasteiger partial charge < -0.3 is 16.2 Å². The van der Waals surface area contributed by atoms with Gasteiger partial charge in [-0.05, 0) is 12.8 Å². The smallest absolute Gasteiger partial charge is 0.247 e. The summed E-state index contributed by atoms with van der Waals surface area (Å²) in [6.45, 7) is -0.107. The van der Waals surface area contributed by atoms with Gasteiger partial charge in [0.05, 0.1) is 6.61 Å². The Bertz CT molecular complexity index is 269. The SMILES string of the molecule is N[C@@H](C=C1CC2(CC2)NC1=O)CO. The second-order valence-corrected chi connectivity index (χ2v) is 3.95. The third-order valence-corrected chi connectivity index (χ3v) is 2.68. The van der Waals surface area contributed by atoms with Gasteiger partial charge in [-0.2, -0.15) is 0 Å². The van der Waals surface area contributed by atoms with Crippen LogP contribution in [0.2, 0.25) is 0 Å². The van der Waals surface area contributed by atoms with Crippen LogP contribution in [0.1, 0.15) is 19.3 Å². The molecule has 0 aromatic heterocycles. The van der Waals surface area contributed by atoms with E-state index < -0.39 is 6.04 Å². The summed E-state index contributed by atoms with van der Waals surface area (Å²) in [5.41, 5.74) is 6.32. The fourth-order valence-electron chi connectivity index (χ4n) is 1.71. The fraction of sp³-hybridized carbons (Fsp3) is 0.667. The predicted molar refractivity (Wildman–Crippen MR) is 47.9 cm³/mol. The zero-order valence-corrected chi connectivity index (χ0v) is 7.42. The van der Waals surface area contributed by atoms with Gasteiger partial charge in [0.1, 0.15) is 0 Å². The number of hydrogen-bond donors (Lipinski definition) is 3. The average Bonchev–Trinajstić information content (AvgIpc) is 2.75. The Morgan fingerprint density at radius 2 is 2.38 bits per heavy atom. The molecule has 1 amide bonds. The summed E-state index contributed by atoms with van der Waals surface area (Å²) < 4.78 is 0. The molecule has 0 aromatic carbocycles. The molecule has 1 spiro atoms. The van der Waals surface area contributed by atoms with Gasteiger partial charge in [-0.1, -0.05) is 6.08 Å². The van der Waals surface area contributed by atoms with Crippen molar-refractivity contribution in [2.45, 2.75) is 30.8 Å².